The van der Waals surface area contributed by atoms with Crippen LogP contribution in [0.4, 0.5) is 0 Å². The SMILES string of the molecule is CCCN(CC#N)C(=O)c1cc(C)nc(Cl)n1. The lowest BCUT2D eigenvalue weighted by Gasteiger charge is -2.18. The Bertz CT molecular complexity index is 435. The molecule has 1 aromatic rings. The highest BCUT2D eigenvalue weighted by Gasteiger charge is 2.17. The number of nitriles is 1. The molecule has 6 heteroatoms. The van der Waals surface area contributed by atoms with Crippen molar-refractivity contribution in [3.63, 3.8) is 0 Å². The zero-order chi connectivity index (χ0) is 12.8. The highest BCUT2D eigenvalue weighted by molar-refractivity contribution is 6.28. The molecule has 0 fully saturated rings. The van der Waals surface area contributed by atoms with Gasteiger partial charge in [-0.05, 0) is 31.0 Å². The highest BCUT2D eigenvalue weighted by atomic mass is 35.5. The topological polar surface area (TPSA) is 69.9 Å². The molecule has 0 aliphatic carbocycles. The smallest absolute Gasteiger partial charge is 0.273 e. The Labute approximate surface area is 105 Å². The minimum atomic E-state index is -0.291. The van der Waals surface area contributed by atoms with Gasteiger partial charge in [0.05, 0.1) is 6.07 Å². The molecule has 1 amide bonds. The number of rotatable bonds is 4. The predicted molar refractivity (Wildman–Crippen MR) is 63.6 cm³/mol. The van der Waals surface area contributed by atoms with Crippen molar-refractivity contribution < 1.29 is 4.79 Å². The Balaban J connectivity index is 2.96. The van der Waals surface area contributed by atoms with Crippen LogP contribution in [-0.2, 0) is 0 Å². The lowest BCUT2D eigenvalue weighted by Crippen LogP contribution is -2.32. The van der Waals surface area contributed by atoms with Crippen LogP contribution in [-0.4, -0.2) is 33.9 Å². The van der Waals surface area contributed by atoms with E-state index in [1.807, 2.05) is 13.0 Å². The zero-order valence-corrected chi connectivity index (χ0v) is 10.5. The van der Waals surface area contributed by atoms with E-state index in [1.54, 1.807) is 13.0 Å². The van der Waals surface area contributed by atoms with Crippen LogP contribution in [0.5, 0.6) is 0 Å². The number of aryl methyl sites for hydroxylation is 1. The van der Waals surface area contributed by atoms with Gasteiger partial charge in [-0.3, -0.25) is 4.79 Å². The first-order valence-corrected chi connectivity index (χ1v) is 5.63. The molecule has 1 rings (SSSR count). The molecular weight excluding hydrogens is 240 g/mol. The molecule has 0 aliphatic heterocycles. The van der Waals surface area contributed by atoms with Crippen LogP contribution < -0.4 is 0 Å². The van der Waals surface area contributed by atoms with Gasteiger partial charge >= 0.3 is 0 Å². The van der Waals surface area contributed by atoms with Gasteiger partial charge in [0.2, 0.25) is 5.28 Å². The molecule has 0 saturated heterocycles. The summed E-state index contributed by atoms with van der Waals surface area (Å²) >= 11 is 5.70. The summed E-state index contributed by atoms with van der Waals surface area (Å²) < 4.78 is 0. The summed E-state index contributed by atoms with van der Waals surface area (Å²) in [5, 5.41) is 8.71. The second-order valence-electron chi connectivity index (χ2n) is 3.55. The average Bonchev–Trinajstić information content (AvgIpc) is 2.26. The first-order valence-electron chi connectivity index (χ1n) is 5.26. The largest absolute Gasteiger partial charge is 0.324 e. The molecule has 0 unspecified atom stereocenters. The van der Waals surface area contributed by atoms with Crippen molar-refractivity contribution in [3.05, 3.63) is 22.7 Å². The average molecular weight is 253 g/mol. The van der Waals surface area contributed by atoms with E-state index in [4.69, 9.17) is 16.9 Å². The highest BCUT2D eigenvalue weighted by Crippen LogP contribution is 2.08. The van der Waals surface area contributed by atoms with Crippen LogP contribution in [0.2, 0.25) is 5.28 Å². The molecule has 90 valence electrons. The van der Waals surface area contributed by atoms with Crippen LogP contribution in [0.25, 0.3) is 0 Å². The fourth-order valence-electron chi connectivity index (χ4n) is 1.41. The Morgan fingerprint density at radius 3 is 2.82 bits per heavy atom. The zero-order valence-electron chi connectivity index (χ0n) is 9.77. The second-order valence-corrected chi connectivity index (χ2v) is 3.89. The molecule has 0 spiro atoms. The lowest BCUT2D eigenvalue weighted by atomic mass is 10.3. The molecule has 0 bridgehead atoms. The maximum Gasteiger partial charge on any atom is 0.273 e. The van der Waals surface area contributed by atoms with Gasteiger partial charge < -0.3 is 4.90 Å². The van der Waals surface area contributed by atoms with Crippen LogP contribution in [0, 0.1) is 18.3 Å². The molecule has 1 heterocycles. The maximum absolute atomic E-state index is 12.1. The monoisotopic (exact) mass is 252 g/mol. The number of halogens is 1. The van der Waals surface area contributed by atoms with Crippen molar-refractivity contribution in [1.29, 1.82) is 5.26 Å². The number of carbonyl (C=O) groups excluding carboxylic acids is 1. The maximum atomic E-state index is 12.1. The van der Waals surface area contributed by atoms with Gasteiger partial charge in [0.25, 0.3) is 5.91 Å². The van der Waals surface area contributed by atoms with Gasteiger partial charge in [0, 0.05) is 12.2 Å². The van der Waals surface area contributed by atoms with E-state index in [0.29, 0.717) is 12.2 Å². The van der Waals surface area contributed by atoms with Gasteiger partial charge in [0.15, 0.2) is 0 Å². The van der Waals surface area contributed by atoms with Crippen molar-refractivity contribution in [1.82, 2.24) is 14.9 Å². The van der Waals surface area contributed by atoms with Crippen molar-refractivity contribution in [2.45, 2.75) is 20.3 Å². The van der Waals surface area contributed by atoms with E-state index in [9.17, 15) is 4.79 Å². The Morgan fingerprint density at radius 2 is 2.29 bits per heavy atom. The summed E-state index contributed by atoms with van der Waals surface area (Å²) in [6, 6.07) is 3.52. The predicted octanol–water partition coefficient (Wildman–Crippen LogP) is 1.81. The summed E-state index contributed by atoms with van der Waals surface area (Å²) in [6.07, 6.45) is 0.783. The van der Waals surface area contributed by atoms with Crippen LogP contribution in [0.1, 0.15) is 29.5 Å². The fourth-order valence-corrected chi connectivity index (χ4v) is 1.64. The van der Waals surface area contributed by atoms with Crippen LogP contribution >= 0.6 is 11.6 Å². The van der Waals surface area contributed by atoms with Crippen molar-refractivity contribution in [3.8, 4) is 6.07 Å². The summed E-state index contributed by atoms with van der Waals surface area (Å²) in [4.78, 5) is 21.3. The third-order valence-electron chi connectivity index (χ3n) is 2.09. The van der Waals surface area contributed by atoms with Crippen molar-refractivity contribution >= 4 is 17.5 Å². The molecule has 17 heavy (non-hydrogen) atoms. The molecule has 1 aromatic heterocycles. The number of aromatic nitrogens is 2. The number of nitrogens with zero attached hydrogens (tertiary/aromatic N) is 4. The first-order chi connectivity index (χ1) is 8.08. The summed E-state index contributed by atoms with van der Waals surface area (Å²) in [5.41, 5.74) is 0.855. The molecule has 0 radical (unpaired) electrons. The molecule has 0 atom stereocenters. The van der Waals surface area contributed by atoms with E-state index in [2.05, 4.69) is 9.97 Å². The number of carbonyl (C=O) groups is 1. The van der Waals surface area contributed by atoms with Crippen molar-refractivity contribution in [2.75, 3.05) is 13.1 Å². The standard InChI is InChI=1S/C11H13ClN4O/c1-3-5-16(6-4-13)10(17)9-7-8(2)14-11(12)15-9/h7H,3,5-6H2,1-2H3. The molecule has 0 saturated carbocycles. The van der Waals surface area contributed by atoms with E-state index >= 15 is 0 Å². The third-order valence-corrected chi connectivity index (χ3v) is 2.26. The Morgan fingerprint density at radius 1 is 1.59 bits per heavy atom. The summed E-state index contributed by atoms with van der Waals surface area (Å²) in [6.45, 7) is 4.25. The van der Waals surface area contributed by atoms with Gasteiger partial charge in [0.1, 0.15) is 12.2 Å². The van der Waals surface area contributed by atoms with E-state index < -0.39 is 0 Å². The van der Waals surface area contributed by atoms with Gasteiger partial charge in [-0.2, -0.15) is 5.26 Å². The normalized spacial score (nSPS) is 9.76. The fraction of sp³-hybridized carbons (Fsp3) is 0.455. The van der Waals surface area contributed by atoms with Gasteiger partial charge in [-0.15, -0.1) is 0 Å². The van der Waals surface area contributed by atoms with Crippen LogP contribution in [0.3, 0.4) is 0 Å². The minimum absolute atomic E-state index is 0.0433. The first kappa shape index (κ1) is 13.4. The number of hydrogen-bond acceptors (Lipinski definition) is 4. The molecule has 0 aliphatic rings. The number of amides is 1. The molecule has 5 nitrogen and oxygen atoms in total. The van der Waals surface area contributed by atoms with E-state index in [-0.39, 0.29) is 23.4 Å². The summed E-state index contributed by atoms with van der Waals surface area (Å²) in [5.74, 6) is -0.291. The van der Waals surface area contributed by atoms with E-state index in [0.717, 1.165) is 6.42 Å². The molecule has 0 aromatic carbocycles. The Hall–Kier alpha value is -1.67. The van der Waals surface area contributed by atoms with Crippen LogP contribution in [0.15, 0.2) is 6.07 Å². The molecule has 0 N–H and O–H groups in total. The second kappa shape index (κ2) is 6.16. The Kier molecular flexibility index (Phi) is 4.85. The van der Waals surface area contributed by atoms with E-state index in [1.165, 1.54) is 4.90 Å². The number of hydrogen-bond donors (Lipinski definition) is 0. The van der Waals surface area contributed by atoms with Gasteiger partial charge in [-0.1, -0.05) is 6.92 Å². The minimum Gasteiger partial charge on any atom is -0.324 e. The summed E-state index contributed by atoms with van der Waals surface area (Å²) in [7, 11) is 0. The lowest BCUT2D eigenvalue weighted by molar-refractivity contribution is 0.0770. The molecular formula is C11H13ClN4O. The quantitative estimate of drug-likeness (QED) is 0.605. The van der Waals surface area contributed by atoms with Gasteiger partial charge in [-0.25, -0.2) is 9.97 Å². The van der Waals surface area contributed by atoms with Crippen molar-refractivity contribution in [2.24, 2.45) is 0 Å². The third kappa shape index (κ3) is 3.68.